The van der Waals surface area contributed by atoms with Gasteiger partial charge in [-0.1, -0.05) is 39.7 Å². The van der Waals surface area contributed by atoms with Crippen molar-refractivity contribution in [2.24, 2.45) is 0 Å². The Balaban J connectivity index is 2.39. The van der Waals surface area contributed by atoms with E-state index in [2.05, 4.69) is 20.7 Å². The predicted molar refractivity (Wildman–Crippen MR) is 96.2 cm³/mol. The molecule has 4 nitrogen and oxygen atoms in total. The van der Waals surface area contributed by atoms with Gasteiger partial charge in [-0.2, -0.15) is 5.26 Å². The lowest BCUT2D eigenvalue weighted by Crippen LogP contribution is -2.14. The highest BCUT2D eigenvalue weighted by molar-refractivity contribution is 9.10. The van der Waals surface area contributed by atoms with Crippen molar-refractivity contribution in [1.82, 2.24) is 0 Å². The minimum Gasteiger partial charge on any atom is -0.279 e. The van der Waals surface area contributed by atoms with Crippen molar-refractivity contribution in [2.45, 2.75) is 13.8 Å². The molecular formula is C17H15BrN2O2S. The Morgan fingerprint density at radius 3 is 2.43 bits per heavy atom. The third-order valence-corrected chi connectivity index (χ3v) is 5.04. The van der Waals surface area contributed by atoms with Gasteiger partial charge in [-0.25, -0.2) is 8.42 Å². The average molecular weight is 391 g/mol. The number of halogens is 1. The lowest BCUT2D eigenvalue weighted by atomic mass is 10.1. The molecule has 0 saturated carbocycles. The molecule has 2 aromatic carbocycles. The van der Waals surface area contributed by atoms with Crippen molar-refractivity contribution in [1.29, 1.82) is 5.26 Å². The van der Waals surface area contributed by atoms with E-state index in [1.165, 1.54) is 6.08 Å². The molecule has 0 unspecified atom stereocenters. The Morgan fingerprint density at radius 1 is 1.17 bits per heavy atom. The maximum absolute atomic E-state index is 12.4. The largest absolute Gasteiger partial charge is 0.279 e. The van der Waals surface area contributed by atoms with Gasteiger partial charge in [-0.15, -0.1) is 0 Å². The average Bonchev–Trinajstić information content (AvgIpc) is 2.50. The number of hydrogen-bond acceptors (Lipinski definition) is 3. The summed E-state index contributed by atoms with van der Waals surface area (Å²) in [6.07, 6.45) is 1.39. The van der Waals surface area contributed by atoms with Gasteiger partial charge in [-0.05, 0) is 55.3 Å². The first-order chi connectivity index (χ1) is 10.8. The summed E-state index contributed by atoms with van der Waals surface area (Å²) < 4.78 is 28.1. The van der Waals surface area contributed by atoms with Crippen molar-refractivity contribution in [3.8, 4) is 6.07 Å². The lowest BCUT2D eigenvalue weighted by molar-refractivity contribution is 0.608. The molecule has 0 spiro atoms. The molecular weight excluding hydrogens is 376 g/mol. The van der Waals surface area contributed by atoms with E-state index < -0.39 is 10.0 Å². The van der Waals surface area contributed by atoms with Crippen LogP contribution < -0.4 is 4.72 Å². The first-order valence-electron chi connectivity index (χ1n) is 6.79. The summed E-state index contributed by atoms with van der Waals surface area (Å²) in [6, 6.07) is 14.1. The van der Waals surface area contributed by atoms with Crippen LogP contribution in [0.1, 0.15) is 16.7 Å². The van der Waals surface area contributed by atoms with Crippen LogP contribution in [0.15, 0.2) is 51.8 Å². The molecule has 0 radical (unpaired) electrons. The van der Waals surface area contributed by atoms with E-state index in [9.17, 15) is 13.7 Å². The van der Waals surface area contributed by atoms with Gasteiger partial charge in [0, 0.05) is 10.2 Å². The SMILES string of the molecule is Cc1ccc(C)c(C=C(C#N)S(=O)(=O)Nc2ccc(Br)cc2)c1. The molecule has 0 aliphatic heterocycles. The van der Waals surface area contributed by atoms with Gasteiger partial charge in [0.05, 0.1) is 0 Å². The van der Waals surface area contributed by atoms with Gasteiger partial charge in [0.2, 0.25) is 0 Å². The second-order valence-corrected chi connectivity index (χ2v) is 7.66. The zero-order valence-electron chi connectivity index (χ0n) is 12.7. The molecule has 0 saturated heterocycles. The van der Waals surface area contributed by atoms with Gasteiger partial charge in [-0.3, -0.25) is 4.72 Å². The van der Waals surface area contributed by atoms with E-state index in [0.29, 0.717) is 11.3 Å². The second-order valence-electron chi connectivity index (χ2n) is 5.09. The van der Waals surface area contributed by atoms with E-state index in [1.807, 2.05) is 32.0 Å². The Kier molecular flexibility index (Phi) is 5.24. The van der Waals surface area contributed by atoms with Crippen LogP contribution >= 0.6 is 15.9 Å². The number of benzene rings is 2. The highest BCUT2D eigenvalue weighted by atomic mass is 79.9. The van der Waals surface area contributed by atoms with Gasteiger partial charge in [0.15, 0.2) is 4.91 Å². The molecule has 0 fully saturated rings. The van der Waals surface area contributed by atoms with Crippen LogP contribution in [0.4, 0.5) is 5.69 Å². The molecule has 0 aromatic heterocycles. The molecule has 0 heterocycles. The number of nitriles is 1. The van der Waals surface area contributed by atoms with Crippen LogP contribution in [0, 0.1) is 25.2 Å². The summed E-state index contributed by atoms with van der Waals surface area (Å²) in [5, 5.41) is 9.26. The lowest BCUT2D eigenvalue weighted by Gasteiger charge is -2.08. The quantitative estimate of drug-likeness (QED) is 0.787. The molecule has 0 bridgehead atoms. The topological polar surface area (TPSA) is 70.0 Å². The molecule has 118 valence electrons. The van der Waals surface area contributed by atoms with E-state index in [0.717, 1.165) is 15.6 Å². The highest BCUT2D eigenvalue weighted by Gasteiger charge is 2.18. The van der Waals surface area contributed by atoms with E-state index in [1.54, 1.807) is 30.3 Å². The first kappa shape index (κ1) is 17.3. The van der Waals surface area contributed by atoms with E-state index in [-0.39, 0.29) is 4.91 Å². The smallest absolute Gasteiger partial charge is 0.272 e. The van der Waals surface area contributed by atoms with Gasteiger partial charge < -0.3 is 0 Å². The van der Waals surface area contributed by atoms with Gasteiger partial charge in [0.1, 0.15) is 6.07 Å². The predicted octanol–water partition coefficient (Wildman–Crippen LogP) is 4.37. The zero-order valence-corrected chi connectivity index (χ0v) is 15.1. The van der Waals surface area contributed by atoms with Crippen LogP contribution in [0.25, 0.3) is 6.08 Å². The fourth-order valence-electron chi connectivity index (χ4n) is 1.95. The number of rotatable bonds is 4. The number of nitrogens with zero attached hydrogens (tertiary/aromatic N) is 1. The summed E-state index contributed by atoms with van der Waals surface area (Å²) in [4.78, 5) is -0.325. The first-order valence-corrected chi connectivity index (χ1v) is 9.07. The fraction of sp³-hybridized carbons (Fsp3) is 0.118. The minimum atomic E-state index is -3.93. The zero-order chi connectivity index (χ0) is 17.0. The monoisotopic (exact) mass is 390 g/mol. The number of aryl methyl sites for hydroxylation is 2. The van der Waals surface area contributed by atoms with E-state index in [4.69, 9.17) is 0 Å². The Bertz CT molecular complexity index is 895. The maximum atomic E-state index is 12.4. The highest BCUT2D eigenvalue weighted by Crippen LogP contribution is 2.20. The van der Waals surface area contributed by atoms with Crippen molar-refractivity contribution in [2.75, 3.05) is 4.72 Å². The summed E-state index contributed by atoms with van der Waals surface area (Å²) in [5.41, 5.74) is 3.01. The Labute approximate surface area is 144 Å². The van der Waals surface area contributed by atoms with Crippen molar-refractivity contribution < 1.29 is 8.42 Å². The molecule has 2 aromatic rings. The summed E-state index contributed by atoms with van der Waals surface area (Å²) in [6.45, 7) is 3.78. The Hall–Kier alpha value is -2.10. The second kappa shape index (κ2) is 6.99. The molecule has 23 heavy (non-hydrogen) atoms. The van der Waals surface area contributed by atoms with Crippen LogP contribution in [-0.4, -0.2) is 8.42 Å². The summed E-state index contributed by atoms with van der Waals surface area (Å²) >= 11 is 3.29. The molecule has 0 atom stereocenters. The standard InChI is InChI=1S/C17H15BrN2O2S/c1-12-3-4-13(2)14(9-12)10-17(11-19)23(21,22)20-16-7-5-15(18)6-8-16/h3-10,20H,1-2H3. The van der Waals surface area contributed by atoms with Crippen molar-refractivity contribution in [3.63, 3.8) is 0 Å². The number of sulfonamides is 1. The van der Waals surface area contributed by atoms with Crippen LogP contribution in [0.3, 0.4) is 0 Å². The molecule has 0 amide bonds. The van der Waals surface area contributed by atoms with Crippen molar-refractivity contribution >= 4 is 37.7 Å². The number of hydrogen-bond donors (Lipinski definition) is 1. The molecule has 0 aliphatic rings. The number of allylic oxidation sites excluding steroid dienone is 1. The van der Waals surface area contributed by atoms with Crippen LogP contribution in [0.5, 0.6) is 0 Å². The van der Waals surface area contributed by atoms with E-state index >= 15 is 0 Å². The normalized spacial score (nSPS) is 11.8. The number of nitrogens with one attached hydrogen (secondary N) is 1. The fourth-order valence-corrected chi connectivity index (χ4v) is 3.18. The number of anilines is 1. The van der Waals surface area contributed by atoms with Crippen molar-refractivity contribution in [3.05, 3.63) is 68.5 Å². The summed E-state index contributed by atoms with van der Waals surface area (Å²) in [7, 11) is -3.93. The third-order valence-electron chi connectivity index (χ3n) is 3.22. The Morgan fingerprint density at radius 2 is 1.83 bits per heavy atom. The van der Waals surface area contributed by atoms with Crippen LogP contribution in [-0.2, 0) is 10.0 Å². The van der Waals surface area contributed by atoms with Gasteiger partial charge >= 0.3 is 0 Å². The minimum absolute atomic E-state index is 0.325. The third kappa shape index (κ3) is 4.44. The van der Waals surface area contributed by atoms with Gasteiger partial charge in [0.25, 0.3) is 10.0 Å². The summed E-state index contributed by atoms with van der Waals surface area (Å²) in [5.74, 6) is 0. The molecule has 6 heteroatoms. The maximum Gasteiger partial charge on any atom is 0.272 e. The molecule has 1 N–H and O–H groups in total. The molecule has 0 aliphatic carbocycles. The molecule has 2 rings (SSSR count). The van der Waals surface area contributed by atoms with Crippen LogP contribution in [0.2, 0.25) is 0 Å².